The van der Waals surface area contributed by atoms with Crippen molar-refractivity contribution >= 4 is 11.6 Å². The summed E-state index contributed by atoms with van der Waals surface area (Å²) in [5.41, 5.74) is 0. The van der Waals surface area contributed by atoms with Gasteiger partial charge in [0, 0.05) is 32.7 Å². The van der Waals surface area contributed by atoms with Crippen molar-refractivity contribution in [2.75, 3.05) is 31.1 Å². The van der Waals surface area contributed by atoms with Gasteiger partial charge in [-0.3, -0.25) is 9.47 Å². The van der Waals surface area contributed by atoms with Crippen LogP contribution in [0.1, 0.15) is 12.8 Å². The zero-order valence-electron chi connectivity index (χ0n) is 10.4. The number of hydrogen-bond acceptors (Lipinski definition) is 5. The molecule has 2 fully saturated rings. The van der Waals surface area contributed by atoms with Gasteiger partial charge in [0.05, 0.1) is 0 Å². The third kappa shape index (κ3) is 1.74. The molecule has 2 aliphatic rings. The number of aromatic nitrogens is 2. The van der Waals surface area contributed by atoms with Crippen molar-refractivity contribution in [1.29, 1.82) is 0 Å². The monoisotopic (exact) mass is 251 g/mol. The Labute approximate surface area is 105 Å². The Balaban J connectivity index is 1.86. The van der Waals surface area contributed by atoms with E-state index in [0.29, 0.717) is 11.9 Å². The fourth-order valence-corrected chi connectivity index (χ4v) is 3.09. The first-order valence-corrected chi connectivity index (χ1v) is 6.31. The minimum absolute atomic E-state index is 0.0241. The largest absolute Gasteiger partial charge is 0.406 e. The van der Waals surface area contributed by atoms with Gasteiger partial charge in [-0.25, -0.2) is 0 Å². The summed E-state index contributed by atoms with van der Waals surface area (Å²) in [4.78, 5) is 19.1. The summed E-state index contributed by atoms with van der Waals surface area (Å²) in [7, 11) is 1.82. The molecule has 0 bridgehead atoms. The van der Waals surface area contributed by atoms with Crippen molar-refractivity contribution in [3.63, 3.8) is 0 Å². The Hall–Kier alpha value is -1.63. The molecule has 1 atom stereocenters. The van der Waals surface area contributed by atoms with E-state index >= 15 is 0 Å². The number of piperazine rings is 1. The van der Waals surface area contributed by atoms with E-state index in [1.807, 2.05) is 7.05 Å². The molecule has 0 aliphatic carbocycles. The molecule has 0 spiro atoms. The number of hydrogen-bond donors (Lipinski definition) is 0. The van der Waals surface area contributed by atoms with E-state index < -0.39 is 4.92 Å². The highest BCUT2D eigenvalue weighted by Gasteiger charge is 2.34. The number of fused-ring (bicyclic) bond motifs is 1. The Bertz CT molecular complexity index is 472. The van der Waals surface area contributed by atoms with Crippen LogP contribution in [0.2, 0.25) is 0 Å². The van der Waals surface area contributed by atoms with Crippen LogP contribution in [0.15, 0.2) is 6.33 Å². The lowest BCUT2D eigenvalue weighted by molar-refractivity contribution is -0.388. The van der Waals surface area contributed by atoms with Crippen LogP contribution in [0.5, 0.6) is 0 Å². The number of rotatable bonds is 2. The van der Waals surface area contributed by atoms with Gasteiger partial charge in [0.15, 0.2) is 0 Å². The Kier molecular flexibility index (Phi) is 2.70. The normalized spacial score (nSPS) is 24.3. The van der Waals surface area contributed by atoms with E-state index in [9.17, 15) is 10.1 Å². The van der Waals surface area contributed by atoms with Crippen molar-refractivity contribution in [1.82, 2.24) is 14.5 Å². The lowest BCUT2D eigenvalue weighted by Crippen LogP contribution is -2.50. The predicted octanol–water partition coefficient (Wildman–Crippen LogP) is 0.613. The third-order valence-corrected chi connectivity index (χ3v) is 3.95. The molecule has 2 saturated heterocycles. The summed E-state index contributed by atoms with van der Waals surface area (Å²) >= 11 is 0. The van der Waals surface area contributed by atoms with Crippen LogP contribution in [0.25, 0.3) is 0 Å². The van der Waals surface area contributed by atoms with Gasteiger partial charge < -0.3 is 15.0 Å². The van der Waals surface area contributed by atoms with E-state index in [-0.39, 0.29) is 5.82 Å². The lowest BCUT2D eigenvalue weighted by Gasteiger charge is -2.37. The second kappa shape index (κ2) is 4.24. The maximum Gasteiger partial charge on any atom is 0.406 e. The van der Waals surface area contributed by atoms with Crippen LogP contribution < -0.4 is 4.90 Å². The molecular formula is C11H17N5O2. The molecule has 7 heteroatoms. The average Bonchev–Trinajstić information content (AvgIpc) is 2.93. The number of aryl methyl sites for hydroxylation is 1. The fraction of sp³-hybridized carbons (Fsp3) is 0.727. The molecule has 1 unspecified atom stereocenters. The minimum Gasteiger partial charge on any atom is -0.358 e. The summed E-state index contributed by atoms with van der Waals surface area (Å²) in [5, 5.41) is 11.0. The van der Waals surface area contributed by atoms with Crippen LogP contribution in [0, 0.1) is 10.1 Å². The summed E-state index contributed by atoms with van der Waals surface area (Å²) in [6, 6.07) is 0.549. The van der Waals surface area contributed by atoms with Crippen LogP contribution in [-0.2, 0) is 7.05 Å². The number of nitro groups is 1. The zero-order chi connectivity index (χ0) is 12.7. The lowest BCUT2D eigenvalue weighted by atomic mass is 10.1. The van der Waals surface area contributed by atoms with Gasteiger partial charge in [0.2, 0.25) is 12.1 Å². The Morgan fingerprint density at radius 3 is 3.06 bits per heavy atom. The average molecular weight is 251 g/mol. The highest BCUT2D eigenvalue weighted by molar-refractivity contribution is 5.55. The zero-order valence-corrected chi connectivity index (χ0v) is 10.4. The molecule has 98 valence electrons. The van der Waals surface area contributed by atoms with E-state index in [0.717, 1.165) is 19.6 Å². The SMILES string of the molecule is Cn1cnc([N+](=O)[O-])c1N1CCN2CCCC2C1. The van der Waals surface area contributed by atoms with Crippen LogP contribution in [0.3, 0.4) is 0 Å². The van der Waals surface area contributed by atoms with Gasteiger partial charge in [-0.05, 0) is 29.3 Å². The summed E-state index contributed by atoms with van der Waals surface area (Å²) in [6.07, 6.45) is 3.96. The van der Waals surface area contributed by atoms with Gasteiger partial charge in [-0.2, -0.15) is 0 Å². The number of imidazole rings is 1. The topological polar surface area (TPSA) is 67.4 Å². The van der Waals surface area contributed by atoms with Crippen molar-refractivity contribution in [2.24, 2.45) is 7.05 Å². The van der Waals surface area contributed by atoms with Crippen LogP contribution in [-0.4, -0.2) is 51.6 Å². The molecule has 3 rings (SSSR count). The molecule has 7 nitrogen and oxygen atoms in total. The molecule has 0 amide bonds. The van der Waals surface area contributed by atoms with Crippen molar-refractivity contribution < 1.29 is 4.92 Å². The highest BCUT2D eigenvalue weighted by atomic mass is 16.6. The second-order valence-corrected chi connectivity index (χ2v) is 5.04. The fourth-order valence-electron chi connectivity index (χ4n) is 3.09. The maximum atomic E-state index is 11.0. The predicted molar refractivity (Wildman–Crippen MR) is 66.7 cm³/mol. The molecule has 0 saturated carbocycles. The van der Waals surface area contributed by atoms with Crippen molar-refractivity contribution in [3.05, 3.63) is 16.4 Å². The van der Waals surface area contributed by atoms with Crippen LogP contribution in [0.4, 0.5) is 11.6 Å². The van der Waals surface area contributed by atoms with E-state index in [1.54, 1.807) is 4.57 Å². The van der Waals surface area contributed by atoms with E-state index in [2.05, 4.69) is 14.8 Å². The van der Waals surface area contributed by atoms with Gasteiger partial charge in [-0.1, -0.05) is 0 Å². The molecule has 1 aromatic rings. The molecule has 2 aliphatic heterocycles. The molecule has 3 heterocycles. The summed E-state index contributed by atoms with van der Waals surface area (Å²) < 4.78 is 1.75. The molecule has 18 heavy (non-hydrogen) atoms. The van der Waals surface area contributed by atoms with Crippen molar-refractivity contribution in [2.45, 2.75) is 18.9 Å². The maximum absolute atomic E-state index is 11.0. The standard InChI is InChI=1S/C11H17N5O2/c1-13-8-12-10(16(17)18)11(13)15-6-5-14-4-2-3-9(14)7-15/h8-9H,2-7H2,1H3. The molecule has 0 radical (unpaired) electrons. The molecule has 1 aromatic heterocycles. The minimum atomic E-state index is -0.393. The quantitative estimate of drug-likeness (QED) is 0.569. The van der Waals surface area contributed by atoms with Crippen molar-refractivity contribution in [3.8, 4) is 0 Å². The first-order valence-electron chi connectivity index (χ1n) is 6.31. The Morgan fingerprint density at radius 1 is 1.44 bits per heavy atom. The van der Waals surface area contributed by atoms with E-state index in [1.165, 1.54) is 25.7 Å². The van der Waals surface area contributed by atoms with Crippen LogP contribution >= 0.6 is 0 Å². The van der Waals surface area contributed by atoms with Gasteiger partial charge in [0.25, 0.3) is 0 Å². The Morgan fingerprint density at radius 2 is 2.28 bits per heavy atom. The van der Waals surface area contributed by atoms with Gasteiger partial charge in [0.1, 0.15) is 0 Å². The molecule has 0 N–H and O–H groups in total. The first kappa shape index (κ1) is 11.5. The van der Waals surface area contributed by atoms with E-state index in [4.69, 9.17) is 0 Å². The molecular weight excluding hydrogens is 234 g/mol. The molecule has 0 aromatic carbocycles. The second-order valence-electron chi connectivity index (χ2n) is 5.04. The summed E-state index contributed by atoms with van der Waals surface area (Å²) in [6.45, 7) is 3.89. The highest BCUT2D eigenvalue weighted by Crippen LogP contribution is 2.30. The number of nitrogens with zero attached hydrogens (tertiary/aromatic N) is 5. The number of anilines is 1. The first-order chi connectivity index (χ1) is 8.66. The summed E-state index contributed by atoms with van der Waals surface area (Å²) in [5.74, 6) is 0.621. The van der Waals surface area contributed by atoms with Gasteiger partial charge in [-0.15, -0.1) is 0 Å². The third-order valence-electron chi connectivity index (χ3n) is 3.95. The van der Waals surface area contributed by atoms with Gasteiger partial charge >= 0.3 is 5.82 Å². The smallest absolute Gasteiger partial charge is 0.358 e.